The van der Waals surface area contributed by atoms with E-state index in [1.165, 1.54) is 11.0 Å². The molecule has 8 heteroatoms. The van der Waals surface area contributed by atoms with E-state index < -0.39 is 4.92 Å². The van der Waals surface area contributed by atoms with E-state index in [0.29, 0.717) is 35.6 Å². The molecular formula is C24H31N3O5. The molecule has 0 aliphatic carbocycles. The van der Waals surface area contributed by atoms with Gasteiger partial charge < -0.3 is 19.3 Å². The topological polar surface area (TPSA) is 85.2 Å². The molecule has 0 bridgehead atoms. The Morgan fingerprint density at radius 3 is 2.41 bits per heavy atom. The summed E-state index contributed by atoms with van der Waals surface area (Å²) in [7, 11) is 4.80. The van der Waals surface area contributed by atoms with Crippen LogP contribution in [-0.4, -0.2) is 50.1 Å². The minimum Gasteiger partial charge on any atom is -0.497 e. The molecule has 1 fully saturated rings. The van der Waals surface area contributed by atoms with Crippen molar-refractivity contribution in [2.24, 2.45) is 11.8 Å². The number of piperidine rings is 1. The molecule has 1 aliphatic rings. The number of benzene rings is 2. The van der Waals surface area contributed by atoms with Gasteiger partial charge in [0, 0.05) is 49.9 Å². The van der Waals surface area contributed by atoms with E-state index in [1.807, 2.05) is 6.07 Å². The number of anilines is 1. The quantitative estimate of drug-likeness (QED) is 0.469. The number of ether oxygens (including phenoxy) is 2. The van der Waals surface area contributed by atoms with Crippen LogP contribution in [0.1, 0.15) is 36.2 Å². The van der Waals surface area contributed by atoms with Crippen LogP contribution in [0.4, 0.5) is 11.4 Å². The summed E-state index contributed by atoms with van der Waals surface area (Å²) in [6.07, 6.45) is 1.11. The number of carbonyl (C=O) groups is 1. The molecule has 2 atom stereocenters. The van der Waals surface area contributed by atoms with Crippen LogP contribution in [-0.2, 0) is 6.54 Å². The Balaban J connectivity index is 1.84. The number of rotatable bonds is 7. The van der Waals surface area contributed by atoms with Crippen molar-refractivity contribution >= 4 is 17.3 Å². The molecule has 32 heavy (non-hydrogen) atoms. The summed E-state index contributed by atoms with van der Waals surface area (Å²) in [5.41, 5.74) is 1.64. The summed E-state index contributed by atoms with van der Waals surface area (Å²) in [6, 6.07) is 10.2. The third-order valence-corrected chi connectivity index (χ3v) is 5.88. The Labute approximate surface area is 188 Å². The maximum Gasteiger partial charge on any atom is 0.293 e. The first-order chi connectivity index (χ1) is 15.2. The minimum absolute atomic E-state index is 0.0346. The zero-order valence-corrected chi connectivity index (χ0v) is 19.3. The monoisotopic (exact) mass is 441 g/mol. The van der Waals surface area contributed by atoms with Gasteiger partial charge in [-0.1, -0.05) is 13.8 Å². The largest absolute Gasteiger partial charge is 0.497 e. The fourth-order valence-corrected chi connectivity index (χ4v) is 4.46. The molecule has 1 amide bonds. The van der Waals surface area contributed by atoms with Gasteiger partial charge in [-0.15, -0.1) is 0 Å². The lowest BCUT2D eigenvalue weighted by Gasteiger charge is -2.36. The van der Waals surface area contributed by atoms with E-state index in [-0.39, 0.29) is 17.2 Å². The molecule has 0 spiro atoms. The van der Waals surface area contributed by atoms with Crippen LogP contribution in [0.15, 0.2) is 36.4 Å². The van der Waals surface area contributed by atoms with Gasteiger partial charge in [0.25, 0.3) is 11.6 Å². The van der Waals surface area contributed by atoms with Crippen LogP contribution < -0.4 is 14.4 Å². The van der Waals surface area contributed by atoms with E-state index in [9.17, 15) is 14.9 Å². The van der Waals surface area contributed by atoms with Crippen LogP contribution in [0.25, 0.3) is 0 Å². The van der Waals surface area contributed by atoms with Gasteiger partial charge in [0.2, 0.25) is 0 Å². The number of hydrogen-bond donors (Lipinski definition) is 0. The molecule has 0 saturated carbocycles. The van der Waals surface area contributed by atoms with Gasteiger partial charge in [-0.3, -0.25) is 14.9 Å². The molecule has 8 nitrogen and oxygen atoms in total. The number of methoxy groups -OCH3 is 2. The zero-order chi connectivity index (χ0) is 23.4. The number of nitro groups is 1. The van der Waals surface area contributed by atoms with Crippen molar-refractivity contribution in [2.45, 2.75) is 26.8 Å². The molecule has 2 aromatic rings. The summed E-state index contributed by atoms with van der Waals surface area (Å²) >= 11 is 0. The molecule has 172 valence electrons. The molecule has 2 aromatic carbocycles. The van der Waals surface area contributed by atoms with Gasteiger partial charge in [-0.2, -0.15) is 0 Å². The number of hydrogen-bond acceptors (Lipinski definition) is 6. The summed E-state index contributed by atoms with van der Waals surface area (Å²) in [5, 5.41) is 11.8. The van der Waals surface area contributed by atoms with E-state index >= 15 is 0 Å². The Bertz CT molecular complexity index is 984. The standard InChI is InChI=1S/C24H31N3O5/c1-16-10-17(2)14-26(13-16)21-9-7-18(11-22(21)27(29)30)24(28)25(3)15-19-6-8-20(31-4)12-23(19)32-5/h6-9,11-12,16-17H,10,13-15H2,1-5H3. The van der Waals surface area contributed by atoms with Crippen molar-refractivity contribution in [1.29, 1.82) is 0 Å². The van der Waals surface area contributed by atoms with Gasteiger partial charge >= 0.3 is 0 Å². The molecule has 1 aliphatic heterocycles. The van der Waals surface area contributed by atoms with E-state index in [0.717, 1.165) is 25.1 Å². The van der Waals surface area contributed by atoms with Gasteiger partial charge in [-0.25, -0.2) is 0 Å². The molecular weight excluding hydrogens is 410 g/mol. The fourth-order valence-electron chi connectivity index (χ4n) is 4.46. The second-order valence-electron chi connectivity index (χ2n) is 8.65. The molecule has 0 radical (unpaired) electrons. The number of amides is 1. The van der Waals surface area contributed by atoms with Crippen molar-refractivity contribution < 1.29 is 19.2 Å². The van der Waals surface area contributed by atoms with Gasteiger partial charge in [-0.05, 0) is 42.5 Å². The molecule has 2 unspecified atom stereocenters. The van der Waals surface area contributed by atoms with Crippen molar-refractivity contribution in [2.75, 3.05) is 39.3 Å². The Hall–Kier alpha value is -3.29. The Kier molecular flexibility index (Phi) is 7.22. The van der Waals surface area contributed by atoms with Gasteiger partial charge in [0.05, 0.1) is 19.1 Å². The molecule has 1 heterocycles. The summed E-state index contributed by atoms with van der Waals surface area (Å²) in [5.74, 6) is 1.90. The van der Waals surface area contributed by atoms with E-state index in [1.54, 1.807) is 45.5 Å². The number of nitrogens with zero attached hydrogens (tertiary/aromatic N) is 3. The molecule has 0 aromatic heterocycles. The predicted molar refractivity (Wildman–Crippen MR) is 124 cm³/mol. The number of nitro benzene ring substituents is 1. The summed E-state index contributed by atoms with van der Waals surface area (Å²) in [4.78, 5) is 28.1. The van der Waals surface area contributed by atoms with Crippen LogP contribution in [0.3, 0.4) is 0 Å². The fraction of sp³-hybridized carbons (Fsp3) is 0.458. The average Bonchev–Trinajstić information content (AvgIpc) is 2.77. The van der Waals surface area contributed by atoms with E-state index in [2.05, 4.69) is 18.7 Å². The smallest absolute Gasteiger partial charge is 0.293 e. The van der Waals surface area contributed by atoms with Crippen LogP contribution in [0, 0.1) is 22.0 Å². The molecule has 1 saturated heterocycles. The normalized spacial score (nSPS) is 18.2. The van der Waals surface area contributed by atoms with Crippen molar-refractivity contribution in [1.82, 2.24) is 4.90 Å². The second-order valence-corrected chi connectivity index (χ2v) is 8.65. The first kappa shape index (κ1) is 23.4. The first-order valence-electron chi connectivity index (χ1n) is 10.7. The molecule has 0 N–H and O–H groups in total. The minimum atomic E-state index is -0.400. The highest BCUT2D eigenvalue weighted by atomic mass is 16.6. The lowest BCUT2D eigenvalue weighted by molar-refractivity contribution is -0.384. The Morgan fingerprint density at radius 2 is 1.81 bits per heavy atom. The highest BCUT2D eigenvalue weighted by Crippen LogP contribution is 2.34. The highest BCUT2D eigenvalue weighted by molar-refractivity contribution is 5.95. The summed E-state index contributed by atoms with van der Waals surface area (Å²) < 4.78 is 10.6. The Morgan fingerprint density at radius 1 is 1.12 bits per heavy atom. The molecule has 3 rings (SSSR count). The maximum atomic E-state index is 13.1. The summed E-state index contributed by atoms with van der Waals surface area (Å²) in [6.45, 7) is 6.16. The van der Waals surface area contributed by atoms with Gasteiger partial charge in [0.1, 0.15) is 17.2 Å². The van der Waals surface area contributed by atoms with Crippen molar-refractivity contribution in [3.8, 4) is 11.5 Å². The highest BCUT2D eigenvalue weighted by Gasteiger charge is 2.28. The lowest BCUT2D eigenvalue weighted by atomic mass is 9.91. The zero-order valence-electron chi connectivity index (χ0n) is 19.3. The average molecular weight is 442 g/mol. The maximum absolute atomic E-state index is 13.1. The van der Waals surface area contributed by atoms with E-state index in [4.69, 9.17) is 9.47 Å². The van der Waals surface area contributed by atoms with Gasteiger partial charge in [0.15, 0.2) is 0 Å². The van der Waals surface area contributed by atoms with Crippen molar-refractivity contribution in [3.05, 3.63) is 57.6 Å². The second kappa shape index (κ2) is 9.89. The third kappa shape index (κ3) is 5.12. The van der Waals surface area contributed by atoms with Crippen LogP contribution >= 0.6 is 0 Å². The van der Waals surface area contributed by atoms with Crippen molar-refractivity contribution in [3.63, 3.8) is 0 Å². The number of carbonyl (C=O) groups excluding carboxylic acids is 1. The lowest BCUT2D eigenvalue weighted by Crippen LogP contribution is -2.39. The van der Waals surface area contributed by atoms with Crippen LogP contribution in [0.2, 0.25) is 0 Å². The SMILES string of the molecule is COc1ccc(CN(C)C(=O)c2ccc(N3CC(C)CC(C)C3)c([N+](=O)[O-])c2)c(OC)c1. The first-order valence-corrected chi connectivity index (χ1v) is 10.7. The predicted octanol–water partition coefficient (Wildman–Crippen LogP) is 4.37. The third-order valence-electron chi connectivity index (χ3n) is 5.88. The van der Waals surface area contributed by atoms with Crippen LogP contribution in [0.5, 0.6) is 11.5 Å².